The van der Waals surface area contributed by atoms with E-state index in [1.54, 1.807) is 25.4 Å². The number of rotatable bonds is 3. The first-order valence-corrected chi connectivity index (χ1v) is 7.87. The molecule has 0 aliphatic heterocycles. The highest BCUT2D eigenvalue weighted by atomic mass is 35.5. The fourth-order valence-electron chi connectivity index (χ4n) is 2.40. The van der Waals surface area contributed by atoms with Crippen LogP contribution in [0.1, 0.15) is 19.9 Å². The van der Waals surface area contributed by atoms with E-state index in [9.17, 15) is 4.79 Å². The molecule has 0 saturated carbocycles. The predicted molar refractivity (Wildman–Crippen MR) is 94.2 cm³/mol. The first-order chi connectivity index (χ1) is 11.5. The second kappa shape index (κ2) is 6.45. The fourth-order valence-corrected chi connectivity index (χ4v) is 2.57. The summed E-state index contributed by atoms with van der Waals surface area (Å²) >= 11 is 6.10. The molecule has 0 atom stereocenters. The van der Waals surface area contributed by atoms with E-state index in [2.05, 4.69) is 25.7 Å². The third kappa shape index (κ3) is 3.03. The lowest BCUT2D eigenvalue weighted by atomic mass is 10.1. The Kier molecular flexibility index (Phi) is 4.35. The van der Waals surface area contributed by atoms with E-state index in [0.29, 0.717) is 17.0 Å². The Labute approximate surface area is 144 Å². The molecule has 2 heterocycles. The summed E-state index contributed by atoms with van der Waals surface area (Å²) in [6.45, 7) is 4.06. The first-order valence-electron chi connectivity index (χ1n) is 7.49. The van der Waals surface area contributed by atoms with Gasteiger partial charge < -0.3 is 10.6 Å². The van der Waals surface area contributed by atoms with Crippen LogP contribution in [0.5, 0.6) is 0 Å². The van der Waals surface area contributed by atoms with E-state index < -0.39 is 0 Å². The Morgan fingerprint density at radius 1 is 1.21 bits per heavy atom. The van der Waals surface area contributed by atoms with Gasteiger partial charge in [0, 0.05) is 24.3 Å². The van der Waals surface area contributed by atoms with Gasteiger partial charge in [0.15, 0.2) is 5.65 Å². The normalized spacial score (nSPS) is 11.0. The number of hydrogen-bond acceptors (Lipinski definition) is 4. The van der Waals surface area contributed by atoms with Crippen LogP contribution in [-0.2, 0) is 0 Å². The van der Waals surface area contributed by atoms with Gasteiger partial charge in [-0.05, 0) is 37.6 Å². The van der Waals surface area contributed by atoms with Gasteiger partial charge in [0.25, 0.3) is 0 Å². The predicted octanol–water partition coefficient (Wildman–Crippen LogP) is 3.48. The lowest BCUT2D eigenvalue weighted by Gasteiger charge is -2.09. The van der Waals surface area contributed by atoms with Crippen molar-refractivity contribution in [1.82, 2.24) is 25.1 Å². The molecule has 0 saturated heterocycles. The minimum atomic E-state index is -0.270. The summed E-state index contributed by atoms with van der Waals surface area (Å²) in [6, 6.07) is 7.25. The molecule has 7 nitrogen and oxygen atoms in total. The van der Waals surface area contributed by atoms with Gasteiger partial charge in [0.1, 0.15) is 0 Å². The van der Waals surface area contributed by atoms with Crippen molar-refractivity contribution in [1.29, 1.82) is 0 Å². The smallest absolute Gasteiger partial charge is 0.318 e. The van der Waals surface area contributed by atoms with Crippen LogP contribution in [0.25, 0.3) is 22.3 Å². The zero-order valence-corrected chi connectivity index (χ0v) is 14.3. The number of nitrogens with zero attached hydrogens (tertiary/aromatic N) is 4. The molecule has 24 heavy (non-hydrogen) atoms. The molecule has 0 aliphatic rings. The van der Waals surface area contributed by atoms with Gasteiger partial charge in [-0.1, -0.05) is 12.1 Å². The summed E-state index contributed by atoms with van der Waals surface area (Å²) in [6.07, 6.45) is 1.75. The van der Waals surface area contributed by atoms with E-state index in [0.717, 1.165) is 10.9 Å². The molecule has 0 radical (unpaired) electrons. The van der Waals surface area contributed by atoms with E-state index in [1.807, 2.05) is 30.7 Å². The maximum Gasteiger partial charge on any atom is 0.318 e. The van der Waals surface area contributed by atoms with Crippen molar-refractivity contribution < 1.29 is 4.79 Å². The summed E-state index contributed by atoms with van der Waals surface area (Å²) in [5.41, 5.74) is 2.97. The molecule has 3 aromatic rings. The highest BCUT2D eigenvalue weighted by Gasteiger charge is 2.15. The highest BCUT2D eigenvalue weighted by molar-refractivity contribution is 6.28. The van der Waals surface area contributed by atoms with Crippen LogP contribution in [0.2, 0.25) is 5.28 Å². The van der Waals surface area contributed by atoms with Gasteiger partial charge >= 0.3 is 6.03 Å². The quantitative estimate of drug-likeness (QED) is 0.712. The highest BCUT2D eigenvalue weighted by Crippen LogP contribution is 2.29. The molecule has 0 spiro atoms. The molecule has 2 amide bonds. The van der Waals surface area contributed by atoms with Gasteiger partial charge in [0.05, 0.1) is 17.3 Å². The molecule has 0 aliphatic carbocycles. The number of carbonyl (C=O) groups is 1. The fraction of sp³-hybridized carbons (Fsp3) is 0.250. The summed E-state index contributed by atoms with van der Waals surface area (Å²) in [5.74, 6) is 0. The molecule has 2 N–H and O–H groups in total. The maximum atomic E-state index is 11.4. The minimum absolute atomic E-state index is 0.167. The van der Waals surface area contributed by atoms with Gasteiger partial charge in [-0.3, -0.25) is 0 Å². The lowest BCUT2D eigenvalue weighted by Crippen LogP contribution is -2.24. The Balaban J connectivity index is 2.04. The number of carbonyl (C=O) groups excluding carboxylic acids is 1. The Morgan fingerprint density at radius 2 is 1.92 bits per heavy atom. The molecule has 0 bridgehead atoms. The topological polar surface area (TPSA) is 84.7 Å². The zero-order valence-electron chi connectivity index (χ0n) is 13.5. The molecule has 1 aromatic carbocycles. The van der Waals surface area contributed by atoms with Crippen molar-refractivity contribution in [3.63, 3.8) is 0 Å². The number of amides is 2. The number of halogens is 1. The van der Waals surface area contributed by atoms with E-state index in [-0.39, 0.29) is 17.4 Å². The molecule has 0 fully saturated rings. The first kappa shape index (κ1) is 16.2. The summed E-state index contributed by atoms with van der Waals surface area (Å²) in [4.78, 5) is 20.0. The van der Waals surface area contributed by atoms with Crippen molar-refractivity contribution in [2.24, 2.45) is 0 Å². The monoisotopic (exact) mass is 344 g/mol. The van der Waals surface area contributed by atoms with Crippen LogP contribution in [0.3, 0.4) is 0 Å². The summed E-state index contributed by atoms with van der Waals surface area (Å²) < 4.78 is 1.81. The second-order valence-electron chi connectivity index (χ2n) is 5.54. The number of fused-ring (bicyclic) bond motifs is 1. The largest absolute Gasteiger partial charge is 0.341 e. The molecule has 3 rings (SSSR count). The van der Waals surface area contributed by atoms with E-state index in [1.165, 1.54) is 0 Å². The van der Waals surface area contributed by atoms with Crippen molar-refractivity contribution >= 4 is 34.4 Å². The van der Waals surface area contributed by atoms with Crippen LogP contribution in [0, 0.1) is 0 Å². The van der Waals surface area contributed by atoms with Crippen LogP contribution >= 0.6 is 11.6 Å². The number of benzene rings is 1. The minimum Gasteiger partial charge on any atom is -0.341 e. The van der Waals surface area contributed by atoms with Crippen LogP contribution < -0.4 is 10.6 Å². The third-order valence-corrected chi connectivity index (χ3v) is 3.73. The Morgan fingerprint density at radius 3 is 2.54 bits per heavy atom. The van der Waals surface area contributed by atoms with E-state index >= 15 is 0 Å². The van der Waals surface area contributed by atoms with Crippen LogP contribution in [0.15, 0.2) is 30.5 Å². The SMILES string of the molecule is CNC(=O)Nc1ccc(-c2nc(Cl)nc3c2cnn3C(C)C)cc1. The van der Waals surface area contributed by atoms with E-state index in [4.69, 9.17) is 11.6 Å². The molecular weight excluding hydrogens is 328 g/mol. The van der Waals surface area contributed by atoms with Gasteiger partial charge in [-0.2, -0.15) is 10.1 Å². The lowest BCUT2D eigenvalue weighted by molar-refractivity contribution is 0.254. The number of hydrogen-bond donors (Lipinski definition) is 2. The Hall–Kier alpha value is -2.67. The van der Waals surface area contributed by atoms with Gasteiger partial charge in [-0.15, -0.1) is 0 Å². The Bertz CT molecular complexity index is 887. The van der Waals surface area contributed by atoms with Crippen LogP contribution in [-0.4, -0.2) is 32.8 Å². The van der Waals surface area contributed by atoms with Crippen molar-refractivity contribution in [2.75, 3.05) is 12.4 Å². The number of aromatic nitrogens is 4. The maximum absolute atomic E-state index is 11.4. The third-order valence-electron chi connectivity index (χ3n) is 3.56. The van der Waals surface area contributed by atoms with Crippen molar-refractivity contribution in [3.8, 4) is 11.3 Å². The number of nitrogens with one attached hydrogen (secondary N) is 2. The molecule has 8 heteroatoms. The molecule has 0 unspecified atom stereocenters. The molecular formula is C16H17ClN6O. The average Bonchev–Trinajstić information content (AvgIpc) is 2.98. The summed E-state index contributed by atoms with van der Waals surface area (Å²) in [5, 5.41) is 10.6. The van der Waals surface area contributed by atoms with Crippen molar-refractivity contribution in [3.05, 3.63) is 35.7 Å². The summed E-state index contributed by atoms with van der Waals surface area (Å²) in [7, 11) is 1.57. The molecule has 2 aromatic heterocycles. The molecule has 124 valence electrons. The van der Waals surface area contributed by atoms with Gasteiger partial charge in [0.2, 0.25) is 5.28 Å². The number of anilines is 1. The van der Waals surface area contributed by atoms with Crippen LogP contribution in [0.4, 0.5) is 10.5 Å². The van der Waals surface area contributed by atoms with Gasteiger partial charge in [-0.25, -0.2) is 14.5 Å². The zero-order chi connectivity index (χ0) is 17.3. The second-order valence-corrected chi connectivity index (χ2v) is 5.88. The standard InChI is InChI=1S/C16H17ClN6O/c1-9(2)23-14-12(8-19-23)13(21-15(17)22-14)10-4-6-11(7-5-10)20-16(24)18-3/h4-9H,1-3H3,(H2,18,20,24). The number of urea groups is 1. The van der Waals surface area contributed by atoms with Crippen molar-refractivity contribution in [2.45, 2.75) is 19.9 Å². The average molecular weight is 345 g/mol.